The van der Waals surface area contributed by atoms with Gasteiger partial charge in [-0.05, 0) is 55.0 Å². The van der Waals surface area contributed by atoms with Crippen molar-refractivity contribution in [2.45, 2.75) is 13.5 Å². The smallest absolute Gasteiger partial charge is 0.338 e. The first-order valence-electron chi connectivity index (χ1n) is 10.7. The first kappa shape index (κ1) is 26.1. The summed E-state index contributed by atoms with van der Waals surface area (Å²) in [6, 6.07) is 20.3. The number of benzene rings is 3. The van der Waals surface area contributed by atoms with Crippen molar-refractivity contribution in [3.05, 3.63) is 88.9 Å². The van der Waals surface area contributed by atoms with Gasteiger partial charge in [-0.3, -0.25) is 9.10 Å². The number of sulfonamides is 1. The molecule has 0 aromatic heterocycles. The van der Waals surface area contributed by atoms with Gasteiger partial charge in [-0.15, -0.1) is 0 Å². The van der Waals surface area contributed by atoms with E-state index < -0.39 is 28.4 Å². The minimum Gasteiger partial charge on any atom is -0.489 e. The molecule has 1 N–H and O–H groups in total. The Morgan fingerprint density at radius 3 is 2.29 bits per heavy atom. The van der Waals surface area contributed by atoms with Crippen molar-refractivity contribution in [1.82, 2.24) is 0 Å². The molecule has 8 nitrogen and oxygen atoms in total. The van der Waals surface area contributed by atoms with Gasteiger partial charge in [0.2, 0.25) is 15.9 Å². The van der Waals surface area contributed by atoms with E-state index in [9.17, 15) is 18.0 Å². The molecule has 184 valence electrons. The van der Waals surface area contributed by atoms with Crippen LogP contribution in [0.5, 0.6) is 5.75 Å². The predicted octanol–water partition coefficient (Wildman–Crippen LogP) is 4.50. The molecule has 3 aromatic rings. The Morgan fingerprint density at radius 1 is 1.00 bits per heavy atom. The van der Waals surface area contributed by atoms with Crippen molar-refractivity contribution >= 4 is 44.9 Å². The number of anilines is 2. The number of nitrogens with one attached hydrogen (secondary N) is 1. The van der Waals surface area contributed by atoms with E-state index in [0.717, 1.165) is 16.1 Å². The molecule has 0 heterocycles. The Bertz CT molecular complexity index is 1280. The van der Waals surface area contributed by atoms with Gasteiger partial charge in [0.25, 0.3) is 0 Å². The van der Waals surface area contributed by atoms with E-state index in [1.807, 2.05) is 30.3 Å². The maximum absolute atomic E-state index is 12.7. The Morgan fingerprint density at radius 2 is 1.69 bits per heavy atom. The largest absolute Gasteiger partial charge is 0.489 e. The summed E-state index contributed by atoms with van der Waals surface area (Å²) in [5, 5.41) is 2.70. The fourth-order valence-corrected chi connectivity index (χ4v) is 4.21. The van der Waals surface area contributed by atoms with Crippen LogP contribution in [0.15, 0.2) is 72.8 Å². The van der Waals surface area contributed by atoms with Crippen LogP contribution < -0.4 is 14.4 Å². The van der Waals surface area contributed by atoms with E-state index in [0.29, 0.717) is 18.0 Å². The molecule has 0 aliphatic heterocycles. The normalized spacial score (nSPS) is 10.9. The molecule has 0 saturated carbocycles. The van der Waals surface area contributed by atoms with E-state index in [1.54, 1.807) is 31.2 Å². The van der Waals surface area contributed by atoms with Crippen LogP contribution in [0, 0.1) is 0 Å². The van der Waals surface area contributed by atoms with Crippen molar-refractivity contribution in [1.29, 1.82) is 0 Å². The zero-order chi connectivity index (χ0) is 25.4. The first-order chi connectivity index (χ1) is 16.7. The number of hydrogen-bond donors (Lipinski definition) is 1. The molecule has 0 bridgehead atoms. The SMILES string of the molecule is CCOC(=O)c1ccc(NC(=O)CN(c2ccc(OCc3ccccc3)cc2)S(C)(=O)=O)c(Cl)c1. The van der Waals surface area contributed by atoms with Crippen molar-refractivity contribution in [2.24, 2.45) is 0 Å². The van der Waals surface area contributed by atoms with E-state index in [4.69, 9.17) is 21.1 Å². The Hall–Kier alpha value is -3.56. The Balaban J connectivity index is 1.68. The molecule has 0 fully saturated rings. The fourth-order valence-electron chi connectivity index (χ4n) is 3.13. The lowest BCUT2D eigenvalue weighted by Crippen LogP contribution is -2.37. The first-order valence-corrected chi connectivity index (χ1v) is 12.9. The van der Waals surface area contributed by atoms with E-state index in [1.165, 1.54) is 18.2 Å². The third-order valence-electron chi connectivity index (χ3n) is 4.81. The molecule has 3 rings (SSSR count). The van der Waals surface area contributed by atoms with Crippen LogP contribution in [-0.2, 0) is 26.2 Å². The average molecular weight is 517 g/mol. The Labute approximate surface area is 209 Å². The van der Waals surface area contributed by atoms with Crippen LogP contribution in [0.1, 0.15) is 22.8 Å². The predicted molar refractivity (Wildman–Crippen MR) is 135 cm³/mol. The van der Waals surface area contributed by atoms with Crippen LogP contribution in [0.3, 0.4) is 0 Å². The zero-order valence-corrected chi connectivity index (χ0v) is 20.8. The molecule has 3 aromatic carbocycles. The van der Waals surface area contributed by atoms with Gasteiger partial charge in [-0.1, -0.05) is 41.9 Å². The molecule has 0 aliphatic rings. The molecule has 0 spiro atoms. The van der Waals surface area contributed by atoms with Crippen LogP contribution in [0.4, 0.5) is 11.4 Å². The Kier molecular flexibility index (Phi) is 8.73. The molecule has 0 radical (unpaired) electrons. The highest BCUT2D eigenvalue weighted by Crippen LogP contribution is 2.25. The molecular weight excluding hydrogens is 492 g/mol. The second-order valence-electron chi connectivity index (χ2n) is 7.50. The van der Waals surface area contributed by atoms with E-state index in [2.05, 4.69) is 5.32 Å². The maximum Gasteiger partial charge on any atom is 0.338 e. The van der Waals surface area contributed by atoms with Crippen LogP contribution in [0.25, 0.3) is 0 Å². The number of carbonyl (C=O) groups excluding carboxylic acids is 2. The summed E-state index contributed by atoms with van der Waals surface area (Å²) in [4.78, 5) is 24.5. The molecule has 35 heavy (non-hydrogen) atoms. The molecule has 0 aliphatic carbocycles. The molecule has 10 heteroatoms. The summed E-state index contributed by atoms with van der Waals surface area (Å²) >= 11 is 6.18. The van der Waals surface area contributed by atoms with Gasteiger partial charge in [0.15, 0.2) is 0 Å². The van der Waals surface area contributed by atoms with Crippen LogP contribution in [-0.4, -0.2) is 39.7 Å². The van der Waals surface area contributed by atoms with E-state index >= 15 is 0 Å². The molecular formula is C25H25ClN2O6S. The van der Waals surface area contributed by atoms with Gasteiger partial charge in [0.1, 0.15) is 18.9 Å². The number of ether oxygens (including phenoxy) is 2. The van der Waals surface area contributed by atoms with Crippen molar-refractivity contribution < 1.29 is 27.5 Å². The third-order valence-corrected chi connectivity index (χ3v) is 6.27. The van der Waals surface area contributed by atoms with Crippen molar-refractivity contribution in [3.8, 4) is 5.75 Å². The number of hydrogen-bond acceptors (Lipinski definition) is 6. The number of carbonyl (C=O) groups is 2. The van der Waals surface area contributed by atoms with Gasteiger partial charge in [-0.25, -0.2) is 13.2 Å². The highest BCUT2D eigenvalue weighted by Gasteiger charge is 2.22. The molecule has 0 atom stereocenters. The van der Waals surface area contributed by atoms with Gasteiger partial charge >= 0.3 is 5.97 Å². The van der Waals surface area contributed by atoms with Crippen molar-refractivity contribution in [3.63, 3.8) is 0 Å². The number of nitrogens with zero attached hydrogens (tertiary/aromatic N) is 1. The molecule has 1 amide bonds. The van der Waals surface area contributed by atoms with E-state index in [-0.39, 0.29) is 22.9 Å². The summed E-state index contributed by atoms with van der Waals surface area (Å²) in [5.41, 5.74) is 1.78. The summed E-state index contributed by atoms with van der Waals surface area (Å²) in [7, 11) is -3.77. The molecule has 0 saturated heterocycles. The highest BCUT2D eigenvalue weighted by molar-refractivity contribution is 7.92. The summed E-state index contributed by atoms with van der Waals surface area (Å²) in [6.45, 7) is 1.80. The van der Waals surface area contributed by atoms with Crippen LogP contribution >= 0.6 is 11.6 Å². The minimum absolute atomic E-state index is 0.120. The fraction of sp³-hybridized carbons (Fsp3) is 0.200. The lowest BCUT2D eigenvalue weighted by atomic mass is 10.2. The number of halogens is 1. The zero-order valence-electron chi connectivity index (χ0n) is 19.2. The summed E-state index contributed by atoms with van der Waals surface area (Å²) in [6.07, 6.45) is 1.02. The van der Waals surface area contributed by atoms with Gasteiger partial charge in [0, 0.05) is 0 Å². The average Bonchev–Trinajstić information content (AvgIpc) is 2.83. The second-order valence-corrected chi connectivity index (χ2v) is 9.82. The number of rotatable bonds is 10. The standard InChI is InChI=1S/C25H25ClN2O6S/c1-3-33-25(30)19-9-14-23(22(26)15-19)27-24(29)16-28(35(2,31)32)20-10-12-21(13-11-20)34-17-18-7-5-4-6-8-18/h4-15H,3,16-17H2,1-2H3,(H,27,29). The van der Waals surface area contributed by atoms with Crippen molar-refractivity contribution in [2.75, 3.05) is 29.0 Å². The van der Waals surface area contributed by atoms with Gasteiger partial charge in [0.05, 0.1) is 34.8 Å². The number of esters is 1. The minimum atomic E-state index is -3.77. The van der Waals surface area contributed by atoms with Crippen LogP contribution in [0.2, 0.25) is 5.02 Å². The summed E-state index contributed by atoms with van der Waals surface area (Å²) < 4.78 is 36.4. The maximum atomic E-state index is 12.7. The van der Waals surface area contributed by atoms with Gasteiger partial charge in [-0.2, -0.15) is 0 Å². The lowest BCUT2D eigenvalue weighted by molar-refractivity contribution is -0.114. The van der Waals surface area contributed by atoms with Gasteiger partial charge < -0.3 is 14.8 Å². The monoisotopic (exact) mass is 516 g/mol. The summed E-state index contributed by atoms with van der Waals surface area (Å²) in [5.74, 6) is -0.582. The lowest BCUT2D eigenvalue weighted by Gasteiger charge is -2.22. The quantitative estimate of drug-likeness (QED) is 0.398. The molecule has 0 unspecified atom stereocenters. The third kappa shape index (κ3) is 7.46. The highest BCUT2D eigenvalue weighted by atomic mass is 35.5. The topological polar surface area (TPSA) is 102 Å². The number of amides is 1. The second kappa shape index (κ2) is 11.7.